The molecule has 1 aliphatic rings. The number of nitrogens with zero attached hydrogens (tertiary/aromatic N) is 1. The topological polar surface area (TPSA) is 78.4 Å². The van der Waals surface area contributed by atoms with E-state index in [1.54, 1.807) is 13.3 Å². The van der Waals surface area contributed by atoms with Gasteiger partial charge in [0.15, 0.2) is 23.0 Å². The van der Waals surface area contributed by atoms with E-state index in [1.165, 1.54) is 0 Å². The van der Waals surface area contributed by atoms with E-state index in [0.717, 1.165) is 14.7 Å². The van der Waals surface area contributed by atoms with E-state index < -0.39 is 0 Å². The molecule has 1 amide bonds. The SMILES string of the molecule is CCOc1cc(/C=N/NC(=O)Cc2ccc3c(c2)OCCO3)cc(I)c1OC. The van der Waals surface area contributed by atoms with Gasteiger partial charge < -0.3 is 18.9 Å². The molecule has 0 aromatic heterocycles. The van der Waals surface area contributed by atoms with Gasteiger partial charge in [-0.1, -0.05) is 6.07 Å². The van der Waals surface area contributed by atoms with Gasteiger partial charge in [0, 0.05) is 0 Å². The van der Waals surface area contributed by atoms with Gasteiger partial charge in [-0.05, 0) is 64.9 Å². The van der Waals surface area contributed by atoms with Crippen LogP contribution in [0.3, 0.4) is 0 Å². The largest absolute Gasteiger partial charge is 0.492 e. The van der Waals surface area contributed by atoms with Gasteiger partial charge in [-0.15, -0.1) is 0 Å². The van der Waals surface area contributed by atoms with E-state index in [1.807, 2.05) is 37.3 Å². The number of carbonyl (C=O) groups is 1. The number of hydrazone groups is 1. The van der Waals surface area contributed by atoms with Gasteiger partial charge in [-0.25, -0.2) is 5.43 Å². The lowest BCUT2D eigenvalue weighted by Crippen LogP contribution is -2.20. The first-order valence-corrected chi connectivity index (χ1v) is 9.89. The fourth-order valence-electron chi connectivity index (χ4n) is 2.72. The maximum atomic E-state index is 12.2. The number of benzene rings is 2. The van der Waals surface area contributed by atoms with Crippen molar-refractivity contribution in [2.24, 2.45) is 5.10 Å². The summed E-state index contributed by atoms with van der Waals surface area (Å²) in [6, 6.07) is 9.20. The molecule has 0 saturated heterocycles. The highest BCUT2D eigenvalue weighted by atomic mass is 127. The van der Waals surface area contributed by atoms with Crippen LogP contribution in [0.15, 0.2) is 35.4 Å². The first kappa shape index (κ1) is 20.2. The number of hydrogen-bond donors (Lipinski definition) is 1. The molecule has 2 aromatic rings. The summed E-state index contributed by atoms with van der Waals surface area (Å²) in [4.78, 5) is 12.2. The minimum atomic E-state index is -0.221. The zero-order valence-electron chi connectivity index (χ0n) is 15.7. The van der Waals surface area contributed by atoms with Crippen LogP contribution in [0.1, 0.15) is 18.1 Å². The maximum absolute atomic E-state index is 12.2. The molecule has 8 heteroatoms. The molecule has 7 nitrogen and oxygen atoms in total. The molecular formula is C20H21IN2O5. The zero-order valence-corrected chi connectivity index (χ0v) is 17.8. The van der Waals surface area contributed by atoms with Gasteiger partial charge >= 0.3 is 0 Å². The van der Waals surface area contributed by atoms with E-state index in [9.17, 15) is 4.79 Å². The average Bonchev–Trinajstić information content (AvgIpc) is 2.68. The first-order chi connectivity index (χ1) is 13.6. The van der Waals surface area contributed by atoms with Crippen LogP contribution in [-0.2, 0) is 11.2 Å². The number of ether oxygens (including phenoxy) is 4. The summed E-state index contributed by atoms with van der Waals surface area (Å²) in [6.07, 6.45) is 1.77. The van der Waals surface area contributed by atoms with Crippen LogP contribution in [0.25, 0.3) is 0 Å². The number of rotatable bonds is 7. The van der Waals surface area contributed by atoms with Crippen molar-refractivity contribution in [3.05, 3.63) is 45.0 Å². The number of amides is 1. The third-order valence-electron chi connectivity index (χ3n) is 3.91. The van der Waals surface area contributed by atoms with Crippen LogP contribution in [-0.4, -0.2) is 39.1 Å². The second-order valence-corrected chi connectivity index (χ2v) is 7.08. The predicted molar refractivity (Wildman–Crippen MR) is 114 cm³/mol. The summed E-state index contributed by atoms with van der Waals surface area (Å²) in [6.45, 7) is 3.48. The smallest absolute Gasteiger partial charge is 0.244 e. The monoisotopic (exact) mass is 496 g/mol. The van der Waals surface area contributed by atoms with Crippen molar-refractivity contribution in [2.75, 3.05) is 26.9 Å². The van der Waals surface area contributed by atoms with Gasteiger partial charge in [0.2, 0.25) is 5.91 Å². The summed E-state index contributed by atoms with van der Waals surface area (Å²) >= 11 is 2.17. The van der Waals surface area contributed by atoms with Crippen LogP contribution in [0.2, 0.25) is 0 Å². The Balaban J connectivity index is 1.62. The molecule has 0 spiro atoms. The van der Waals surface area contributed by atoms with Gasteiger partial charge in [-0.3, -0.25) is 4.79 Å². The summed E-state index contributed by atoms with van der Waals surface area (Å²) in [5.74, 6) is 2.47. The molecule has 0 saturated carbocycles. The number of halogens is 1. The molecule has 0 atom stereocenters. The fourth-order valence-corrected chi connectivity index (χ4v) is 3.57. The van der Waals surface area contributed by atoms with Gasteiger partial charge in [-0.2, -0.15) is 5.10 Å². The van der Waals surface area contributed by atoms with Crippen molar-refractivity contribution < 1.29 is 23.7 Å². The van der Waals surface area contributed by atoms with Gasteiger partial charge in [0.05, 0.1) is 29.9 Å². The van der Waals surface area contributed by atoms with Crippen molar-refractivity contribution in [1.82, 2.24) is 5.43 Å². The van der Waals surface area contributed by atoms with E-state index >= 15 is 0 Å². The molecule has 3 rings (SSSR count). The number of hydrogen-bond acceptors (Lipinski definition) is 6. The van der Waals surface area contributed by atoms with E-state index in [-0.39, 0.29) is 12.3 Å². The Morgan fingerprint density at radius 2 is 2.04 bits per heavy atom. The lowest BCUT2D eigenvalue weighted by molar-refractivity contribution is -0.120. The van der Waals surface area contributed by atoms with Crippen molar-refractivity contribution >= 4 is 34.7 Å². The van der Waals surface area contributed by atoms with E-state index in [4.69, 9.17) is 18.9 Å². The molecule has 0 unspecified atom stereocenters. The Morgan fingerprint density at radius 3 is 2.79 bits per heavy atom. The predicted octanol–water partition coefficient (Wildman–Crippen LogP) is 3.16. The Hall–Kier alpha value is -2.49. The molecule has 2 aromatic carbocycles. The Kier molecular flexibility index (Phi) is 6.96. The first-order valence-electron chi connectivity index (χ1n) is 8.81. The molecule has 1 N–H and O–H groups in total. The number of carbonyl (C=O) groups excluding carboxylic acids is 1. The Labute approximate surface area is 177 Å². The summed E-state index contributed by atoms with van der Waals surface area (Å²) in [5, 5.41) is 4.04. The number of fused-ring (bicyclic) bond motifs is 1. The van der Waals surface area contributed by atoms with Gasteiger partial charge in [0.25, 0.3) is 0 Å². The molecule has 1 aliphatic heterocycles. The summed E-state index contributed by atoms with van der Waals surface area (Å²) in [5.41, 5.74) is 4.17. The Bertz CT molecular complexity index is 885. The molecule has 0 bridgehead atoms. The van der Waals surface area contributed by atoms with Crippen LogP contribution < -0.4 is 24.4 Å². The molecule has 28 heavy (non-hydrogen) atoms. The van der Waals surface area contributed by atoms with Crippen LogP contribution >= 0.6 is 22.6 Å². The minimum absolute atomic E-state index is 0.193. The third kappa shape index (κ3) is 5.06. The quantitative estimate of drug-likeness (QED) is 0.362. The van der Waals surface area contributed by atoms with E-state index in [2.05, 4.69) is 33.1 Å². The second kappa shape index (κ2) is 9.63. The average molecular weight is 496 g/mol. The standard InChI is InChI=1S/C20H21IN2O5/c1-3-26-18-10-14(8-15(21)20(18)25-2)12-22-23-19(24)11-13-4-5-16-17(9-13)28-7-6-27-16/h4-5,8-10,12H,3,6-7,11H2,1-2H3,(H,23,24)/b22-12+. The van der Waals surface area contributed by atoms with Crippen LogP contribution in [0.4, 0.5) is 0 Å². The van der Waals surface area contributed by atoms with Gasteiger partial charge in [0.1, 0.15) is 13.2 Å². The minimum Gasteiger partial charge on any atom is -0.492 e. The lowest BCUT2D eigenvalue weighted by atomic mass is 10.1. The van der Waals surface area contributed by atoms with Crippen molar-refractivity contribution in [1.29, 1.82) is 0 Å². The molecule has 0 aliphatic carbocycles. The number of methoxy groups -OCH3 is 1. The molecule has 148 valence electrons. The normalized spacial score (nSPS) is 12.7. The molecule has 0 fully saturated rings. The van der Waals surface area contributed by atoms with Crippen molar-refractivity contribution in [2.45, 2.75) is 13.3 Å². The van der Waals surface area contributed by atoms with Crippen molar-refractivity contribution in [3.63, 3.8) is 0 Å². The highest BCUT2D eigenvalue weighted by Gasteiger charge is 2.13. The fraction of sp³-hybridized carbons (Fsp3) is 0.300. The number of nitrogens with one attached hydrogen (secondary N) is 1. The second-order valence-electron chi connectivity index (χ2n) is 5.92. The van der Waals surface area contributed by atoms with E-state index in [0.29, 0.717) is 42.8 Å². The highest BCUT2D eigenvalue weighted by molar-refractivity contribution is 14.1. The molecule has 1 heterocycles. The molecule has 0 radical (unpaired) electrons. The lowest BCUT2D eigenvalue weighted by Gasteiger charge is -2.18. The van der Waals surface area contributed by atoms with Crippen molar-refractivity contribution in [3.8, 4) is 23.0 Å². The Morgan fingerprint density at radius 1 is 1.25 bits per heavy atom. The third-order valence-corrected chi connectivity index (χ3v) is 4.71. The van der Waals surface area contributed by atoms with Crippen LogP contribution in [0, 0.1) is 3.57 Å². The molecular weight excluding hydrogens is 475 g/mol. The highest BCUT2D eigenvalue weighted by Crippen LogP contribution is 2.33. The van der Waals surface area contributed by atoms with Crippen LogP contribution in [0.5, 0.6) is 23.0 Å². The summed E-state index contributed by atoms with van der Waals surface area (Å²) < 4.78 is 22.9. The maximum Gasteiger partial charge on any atom is 0.244 e. The summed E-state index contributed by atoms with van der Waals surface area (Å²) in [7, 11) is 1.60. The zero-order chi connectivity index (χ0) is 19.9.